The van der Waals surface area contributed by atoms with Crippen LogP contribution in [0.5, 0.6) is 0 Å². The number of nitrogens with zero attached hydrogens (tertiary/aromatic N) is 2. The maximum atomic E-state index is 14.2. The monoisotopic (exact) mass is 514 g/mol. The summed E-state index contributed by atoms with van der Waals surface area (Å²) >= 11 is 0. The molecule has 2 heterocycles. The van der Waals surface area contributed by atoms with Gasteiger partial charge in [0.2, 0.25) is 5.91 Å². The topological polar surface area (TPSA) is 81.8 Å². The van der Waals surface area contributed by atoms with Crippen molar-refractivity contribution in [3.05, 3.63) is 82.1 Å². The molecule has 1 fully saturated rings. The van der Waals surface area contributed by atoms with Gasteiger partial charge in [0.05, 0.1) is 23.9 Å². The Bertz CT molecular complexity index is 1250. The fourth-order valence-corrected chi connectivity index (χ4v) is 6.21. The van der Waals surface area contributed by atoms with E-state index in [0.717, 1.165) is 47.9 Å². The Morgan fingerprint density at radius 2 is 1.79 bits per heavy atom. The standard InChI is InChI=1S/C31H38N4O3/c1-4-34-26-19-35(30(37)27(26)28(33-31(34)38)24-16-15-20(2)17-21(24)3)25(18-22-11-7-5-8-12-22)29(36)32-23-13-9-6-10-14-23/h5,7-8,11-12,15-17,23,25,28H,4,6,9-10,13-14,18-19H2,1-3H3,(H,32,36)(H,33,38)/t25-,28+/m1/s1. The average Bonchev–Trinajstić information content (AvgIpc) is 3.24. The molecule has 38 heavy (non-hydrogen) atoms. The molecule has 5 rings (SSSR count). The highest BCUT2D eigenvalue weighted by molar-refractivity contribution is 6.03. The van der Waals surface area contributed by atoms with Crippen LogP contribution < -0.4 is 10.6 Å². The summed E-state index contributed by atoms with van der Waals surface area (Å²) < 4.78 is 0. The van der Waals surface area contributed by atoms with Gasteiger partial charge in [-0.2, -0.15) is 0 Å². The molecule has 3 aliphatic rings. The number of aryl methyl sites for hydroxylation is 2. The molecule has 0 unspecified atom stereocenters. The van der Waals surface area contributed by atoms with E-state index in [9.17, 15) is 14.4 Å². The van der Waals surface area contributed by atoms with Crippen molar-refractivity contribution in [2.75, 3.05) is 13.1 Å². The van der Waals surface area contributed by atoms with Gasteiger partial charge in [-0.1, -0.05) is 73.4 Å². The smallest absolute Gasteiger partial charge is 0.322 e. The SMILES string of the molecule is CCN1C(=O)N[C@@H](c2ccc(C)cc2C)C2=C1CN([C@H](Cc1ccccc1)C(=O)NC1CCCCC1)C2=O. The molecular formula is C31H38N4O3. The number of amides is 4. The lowest BCUT2D eigenvalue weighted by atomic mass is 9.91. The van der Waals surface area contributed by atoms with E-state index in [4.69, 9.17) is 0 Å². The third-order valence-electron chi connectivity index (χ3n) is 8.20. The van der Waals surface area contributed by atoms with Crippen LogP contribution in [0.25, 0.3) is 0 Å². The summed E-state index contributed by atoms with van der Waals surface area (Å²) in [5.41, 5.74) is 5.33. The lowest BCUT2D eigenvalue weighted by Gasteiger charge is -2.33. The molecule has 1 saturated carbocycles. The molecule has 2 aliphatic heterocycles. The van der Waals surface area contributed by atoms with Crippen LogP contribution in [0.3, 0.4) is 0 Å². The van der Waals surface area contributed by atoms with Crippen LogP contribution in [0.15, 0.2) is 59.8 Å². The highest BCUT2D eigenvalue weighted by Gasteiger charge is 2.47. The van der Waals surface area contributed by atoms with Gasteiger partial charge >= 0.3 is 6.03 Å². The van der Waals surface area contributed by atoms with Crippen LogP contribution in [0, 0.1) is 13.8 Å². The van der Waals surface area contributed by atoms with Crippen LogP contribution in [0.4, 0.5) is 4.79 Å². The molecule has 2 atom stereocenters. The van der Waals surface area contributed by atoms with Crippen LogP contribution in [0.1, 0.15) is 67.3 Å². The number of benzene rings is 2. The van der Waals surface area contributed by atoms with E-state index >= 15 is 0 Å². The Morgan fingerprint density at radius 3 is 2.47 bits per heavy atom. The van der Waals surface area contributed by atoms with Gasteiger partial charge < -0.3 is 15.5 Å². The Balaban J connectivity index is 1.50. The van der Waals surface area contributed by atoms with Crippen molar-refractivity contribution in [1.82, 2.24) is 20.4 Å². The number of likely N-dealkylation sites (N-methyl/N-ethyl adjacent to an activating group) is 1. The first-order chi connectivity index (χ1) is 18.4. The van der Waals surface area contributed by atoms with E-state index in [-0.39, 0.29) is 30.4 Å². The lowest BCUT2D eigenvalue weighted by Crippen LogP contribution is -2.52. The number of hydrogen-bond donors (Lipinski definition) is 2. The third-order valence-corrected chi connectivity index (χ3v) is 8.20. The van der Waals surface area contributed by atoms with Gasteiger partial charge in [0.25, 0.3) is 5.91 Å². The molecule has 2 aromatic carbocycles. The van der Waals surface area contributed by atoms with Crippen LogP contribution in [0.2, 0.25) is 0 Å². The maximum Gasteiger partial charge on any atom is 0.322 e. The summed E-state index contributed by atoms with van der Waals surface area (Å²) in [5.74, 6) is -0.289. The van der Waals surface area contributed by atoms with E-state index in [2.05, 4.69) is 16.7 Å². The maximum absolute atomic E-state index is 14.2. The summed E-state index contributed by atoms with van der Waals surface area (Å²) in [6.07, 6.45) is 5.81. The fraction of sp³-hybridized carbons (Fsp3) is 0.452. The first kappa shape index (κ1) is 26.0. The molecule has 7 nitrogen and oxygen atoms in total. The fourth-order valence-electron chi connectivity index (χ4n) is 6.21. The van der Waals surface area contributed by atoms with Crippen molar-refractivity contribution in [3.63, 3.8) is 0 Å². The molecule has 0 aromatic heterocycles. The van der Waals surface area contributed by atoms with E-state index in [0.29, 0.717) is 24.2 Å². The number of rotatable bonds is 7. The number of urea groups is 1. The molecule has 0 saturated heterocycles. The van der Waals surface area contributed by atoms with Crippen LogP contribution >= 0.6 is 0 Å². The predicted octanol–water partition coefficient (Wildman–Crippen LogP) is 4.55. The van der Waals surface area contributed by atoms with E-state index in [1.54, 1.807) is 9.80 Å². The molecule has 7 heteroatoms. The molecule has 200 valence electrons. The van der Waals surface area contributed by atoms with Gasteiger partial charge in [0, 0.05) is 19.0 Å². The van der Waals surface area contributed by atoms with Crippen molar-refractivity contribution in [3.8, 4) is 0 Å². The van der Waals surface area contributed by atoms with Crippen LogP contribution in [-0.2, 0) is 16.0 Å². The summed E-state index contributed by atoms with van der Waals surface area (Å²) in [7, 11) is 0. The predicted molar refractivity (Wildman–Crippen MR) is 147 cm³/mol. The zero-order valence-corrected chi connectivity index (χ0v) is 22.6. The second-order valence-electron chi connectivity index (χ2n) is 10.8. The normalized spacial score (nSPS) is 20.9. The van der Waals surface area contributed by atoms with Gasteiger partial charge in [0.1, 0.15) is 6.04 Å². The molecule has 2 aromatic rings. The minimum Gasteiger partial charge on any atom is -0.352 e. The molecule has 4 amide bonds. The molecule has 2 N–H and O–H groups in total. The average molecular weight is 515 g/mol. The lowest BCUT2D eigenvalue weighted by molar-refractivity contribution is -0.137. The number of nitrogens with one attached hydrogen (secondary N) is 2. The summed E-state index contributed by atoms with van der Waals surface area (Å²) in [5, 5.41) is 6.34. The van der Waals surface area contributed by atoms with Crippen molar-refractivity contribution in [2.24, 2.45) is 0 Å². The van der Waals surface area contributed by atoms with Gasteiger partial charge in [0.15, 0.2) is 0 Å². The first-order valence-electron chi connectivity index (χ1n) is 13.9. The van der Waals surface area contributed by atoms with E-state index < -0.39 is 12.1 Å². The summed E-state index contributed by atoms with van der Waals surface area (Å²) in [6.45, 7) is 6.64. The van der Waals surface area contributed by atoms with Gasteiger partial charge in [-0.3, -0.25) is 14.5 Å². The second kappa shape index (κ2) is 11.0. The zero-order chi connectivity index (χ0) is 26.8. The highest BCUT2D eigenvalue weighted by atomic mass is 16.2. The molecule has 1 aliphatic carbocycles. The number of hydrogen-bond acceptors (Lipinski definition) is 3. The Hall–Kier alpha value is -3.61. The molecule has 0 radical (unpaired) electrons. The van der Waals surface area contributed by atoms with Crippen LogP contribution in [-0.4, -0.2) is 52.8 Å². The Morgan fingerprint density at radius 1 is 1.05 bits per heavy atom. The summed E-state index contributed by atoms with van der Waals surface area (Å²) in [6, 6.07) is 14.7. The first-order valence-corrected chi connectivity index (χ1v) is 13.9. The summed E-state index contributed by atoms with van der Waals surface area (Å²) in [4.78, 5) is 44.5. The number of carbonyl (C=O) groups excluding carboxylic acids is 3. The number of carbonyl (C=O) groups is 3. The van der Waals surface area contributed by atoms with Gasteiger partial charge in [-0.05, 0) is 50.3 Å². The quantitative estimate of drug-likeness (QED) is 0.569. The molecular weight excluding hydrogens is 476 g/mol. The van der Waals surface area contributed by atoms with Crippen molar-refractivity contribution >= 4 is 17.8 Å². The van der Waals surface area contributed by atoms with E-state index in [1.165, 1.54) is 6.42 Å². The largest absolute Gasteiger partial charge is 0.352 e. The zero-order valence-electron chi connectivity index (χ0n) is 22.6. The molecule has 0 bridgehead atoms. The van der Waals surface area contributed by atoms with Gasteiger partial charge in [-0.25, -0.2) is 4.79 Å². The van der Waals surface area contributed by atoms with Crippen molar-refractivity contribution < 1.29 is 14.4 Å². The Labute approximate surface area is 225 Å². The molecule has 0 spiro atoms. The van der Waals surface area contributed by atoms with Crippen molar-refractivity contribution in [1.29, 1.82) is 0 Å². The minimum atomic E-state index is -0.661. The van der Waals surface area contributed by atoms with Crippen molar-refractivity contribution in [2.45, 2.75) is 77.4 Å². The third kappa shape index (κ3) is 5.06. The Kier molecular flexibility index (Phi) is 7.54. The minimum absolute atomic E-state index is 0.112. The van der Waals surface area contributed by atoms with Gasteiger partial charge in [-0.15, -0.1) is 0 Å². The second-order valence-corrected chi connectivity index (χ2v) is 10.8. The van der Waals surface area contributed by atoms with E-state index in [1.807, 2.05) is 63.2 Å². The highest BCUT2D eigenvalue weighted by Crippen LogP contribution is 2.38.